The van der Waals surface area contributed by atoms with Crippen LogP contribution in [0.15, 0.2) is 0 Å². The predicted molar refractivity (Wildman–Crippen MR) is 61.6 cm³/mol. The average Bonchev–Trinajstić information content (AvgIpc) is 1.98. The highest BCUT2D eigenvalue weighted by Gasteiger charge is 2.20. The number of hydroxylamine groups is 3. The van der Waals surface area contributed by atoms with Crippen molar-refractivity contribution in [3.05, 3.63) is 0 Å². The van der Waals surface area contributed by atoms with E-state index in [0.29, 0.717) is 11.2 Å². The molecule has 1 atom stereocenters. The fourth-order valence-corrected chi connectivity index (χ4v) is 1.25. The van der Waals surface area contributed by atoms with Gasteiger partial charge in [0.05, 0.1) is 21.2 Å². The second kappa shape index (κ2) is 7.96. The fraction of sp³-hybridized carbons (Fsp3) is 1.00. The van der Waals surface area contributed by atoms with Gasteiger partial charge in [0.1, 0.15) is 18.8 Å². The number of likely N-dealkylation sites (N-methyl/N-ethyl adjacent to an activating group) is 1. The van der Waals surface area contributed by atoms with Crippen molar-refractivity contribution >= 4 is 10.4 Å². The minimum Gasteiger partial charge on any atom is -0.726 e. The smallest absolute Gasteiger partial charge is 0.217 e. The number of quaternary nitrogens is 1. The molecule has 0 heterocycles. The van der Waals surface area contributed by atoms with Gasteiger partial charge in [0.15, 0.2) is 0 Å². The standard InChI is InChI=1S/C8H20NO2.CH4O4S/c1-7(2)11-9(4,5)6-8(3)10;1-5-6(2,3)4/h7-8,10H,6H2,1-5H3;1H3,(H,2,3,4)/q+1;/p-1. The maximum absolute atomic E-state index is 9.22. The summed E-state index contributed by atoms with van der Waals surface area (Å²) in [5, 5.41) is 9.11. The lowest BCUT2D eigenvalue weighted by Crippen LogP contribution is -2.46. The zero-order valence-corrected chi connectivity index (χ0v) is 12.0. The Morgan fingerprint density at radius 3 is 1.82 bits per heavy atom. The third-order valence-electron chi connectivity index (χ3n) is 1.40. The van der Waals surface area contributed by atoms with Crippen molar-refractivity contribution in [3.8, 4) is 0 Å². The van der Waals surface area contributed by atoms with Gasteiger partial charge >= 0.3 is 0 Å². The molecule has 0 aromatic heterocycles. The molecule has 0 bridgehead atoms. The van der Waals surface area contributed by atoms with Crippen LogP contribution < -0.4 is 0 Å². The normalized spacial score (nSPS) is 14.2. The van der Waals surface area contributed by atoms with Crippen molar-refractivity contribution in [1.29, 1.82) is 0 Å². The van der Waals surface area contributed by atoms with Crippen LogP contribution in [0.4, 0.5) is 0 Å². The van der Waals surface area contributed by atoms with Crippen molar-refractivity contribution in [2.24, 2.45) is 0 Å². The summed E-state index contributed by atoms with van der Waals surface area (Å²) in [6, 6.07) is 0. The lowest BCUT2D eigenvalue weighted by atomic mass is 10.4. The summed E-state index contributed by atoms with van der Waals surface area (Å²) in [7, 11) is 0.270. The van der Waals surface area contributed by atoms with Crippen molar-refractivity contribution < 1.29 is 31.7 Å². The second-order valence-electron chi connectivity index (χ2n) is 4.33. The van der Waals surface area contributed by atoms with Crippen molar-refractivity contribution in [1.82, 2.24) is 0 Å². The van der Waals surface area contributed by atoms with Gasteiger partial charge in [-0.05, 0) is 20.8 Å². The first-order valence-corrected chi connectivity index (χ1v) is 6.44. The largest absolute Gasteiger partial charge is 0.726 e. The van der Waals surface area contributed by atoms with Gasteiger partial charge in [0, 0.05) is 0 Å². The number of hydrogen-bond donors (Lipinski definition) is 1. The molecule has 17 heavy (non-hydrogen) atoms. The summed E-state index contributed by atoms with van der Waals surface area (Å²) >= 11 is 0. The third kappa shape index (κ3) is 18.3. The van der Waals surface area contributed by atoms with Gasteiger partial charge in [-0.25, -0.2) is 13.3 Å². The maximum atomic E-state index is 9.22. The van der Waals surface area contributed by atoms with E-state index in [2.05, 4.69) is 4.18 Å². The van der Waals surface area contributed by atoms with Crippen LogP contribution in [0.3, 0.4) is 0 Å². The van der Waals surface area contributed by atoms with Gasteiger partial charge in [-0.1, -0.05) is 0 Å². The quantitative estimate of drug-likeness (QED) is 0.324. The van der Waals surface area contributed by atoms with E-state index in [4.69, 9.17) is 9.94 Å². The van der Waals surface area contributed by atoms with Crippen LogP contribution in [0.1, 0.15) is 20.8 Å². The summed E-state index contributed by atoms with van der Waals surface area (Å²) in [6.45, 7) is 6.37. The highest BCUT2D eigenvalue weighted by Crippen LogP contribution is 2.04. The van der Waals surface area contributed by atoms with Gasteiger partial charge in [-0.2, -0.15) is 4.65 Å². The van der Waals surface area contributed by atoms with Crippen LogP contribution in [0.5, 0.6) is 0 Å². The van der Waals surface area contributed by atoms with E-state index in [9.17, 15) is 13.0 Å². The molecule has 0 amide bonds. The molecule has 0 radical (unpaired) electrons. The minimum atomic E-state index is -4.41. The van der Waals surface area contributed by atoms with Crippen LogP contribution >= 0.6 is 0 Å². The maximum Gasteiger partial charge on any atom is 0.217 e. The zero-order valence-electron chi connectivity index (χ0n) is 11.2. The molecule has 0 spiro atoms. The molecule has 0 aliphatic rings. The zero-order chi connectivity index (χ0) is 14.3. The summed E-state index contributed by atoms with van der Waals surface area (Å²) in [5.41, 5.74) is 0. The van der Waals surface area contributed by atoms with E-state index in [1.165, 1.54) is 0 Å². The highest BCUT2D eigenvalue weighted by atomic mass is 32.3. The molecular formula is C9H23NO6S. The molecule has 7 nitrogen and oxygen atoms in total. The van der Waals surface area contributed by atoms with Crippen LogP contribution in [-0.2, 0) is 19.4 Å². The van der Waals surface area contributed by atoms with Gasteiger partial charge < -0.3 is 9.66 Å². The van der Waals surface area contributed by atoms with Gasteiger partial charge in [0.25, 0.3) is 0 Å². The summed E-state index contributed by atoms with van der Waals surface area (Å²) in [5.74, 6) is 0. The van der Waals surface area contributed by atoms with E-state index < -0.39 is 10.4 Å². The molecule has 106 valence electrons. The molecule has 0 aromatic rings. The second-order valence-corrected chi connectivity index (χ2v) is 5.48. The molecule has 0 rings (SSSR count). The van der Waals surface area contributed by atoms with Crippen molar-refractivity contribution in [3.63, 3.8) is 0 Å². The van der Waals surface area contributed by atoms with Crippen LogP contribution in [-0.4, -0.2) is 62.7 Å². The minimum absolute atomic E-state index is 0.198. The predicted octanol–water partition coefficient (Wildman–Crippen LogP) is -0.123. The Balaban J connectivity index is 0. The number of hydrogen-bond acceptors (Lipinski definition) is 6. The Kier molecular flexibility index (Phi) is 8.94. The van der Waals surface area contributed by atoms with E-state index in [1.54, 1.807) is 6.92 Å². The average molecular weight is 273 g/mol. The topological polar surface area (TPSA) is 95.9 Å². The first-order chi connectivity index (χ1) is 7.39. The Bertz CT molecular complexity index is 274. The first-order valence-electron chi connectivity index (χ1n) is 5.10. The van der Waals surface area contributed by atoms with Crippen LogP contribution in [0.25, 0.3) is 0 Å². The summed E-state index contributed by atoms with van der Waals surface area (Å²) in [6.07, 6.45) is -0.118. The molecule has 0 aliphatic carbocycles. The Morgan fingerprint density at radius 1 is 1.29 bits per heavy atom. The molecule has 0 aliphatic heterocycles. The van der Waals surface area contributed by atoms with Crippen molar-refractivity contribution in [2.45, 2.75) is 33.0 Å². The first kappa shape index (κ1) is 19.1. The molecule has 0 aromatic carbocycles. The molecule has 0 saturated carbocycles. The Labute approximate surface area is 103 Å². The molecule has 0 saturated heterocycles. The third-order valence-corrected chi connectivity index (χ3v) is 1.81. The van der Waals surface area contributed by atoms with E-state index in [1.807, 2.05) is 27.9 Å². The van der Waals surface area contributed by atoms with Gasteiger partial charge in [-0.3, -0.25) is 4.18 Å². The lowest BCUT2D eigenvalue weighted by molar-refractivity contribution is -1.08. The van der Waals surface area contributed by atoms with E-state index >= 15 is 0 Å². The molecular weight excluding hydrogens is 250 g/mol. The van der Waals surface area contributed by atoms with Crippen LogP contribution in [0.2, 0.25) is 0 Å². The number of nitrogens with zero attached hydrogens (tertiary/aromatic N) is 1. The molecule has 0 fully saturated rings. The fourth-order valence-electron chi connectivity index (χ4n) is 1.25. The summed E-state index contributed by atoms with van der Waals surface area (Å²) in [4.78, 5) is 5.53. The SMILES string of the molecule is CC(O)C[N+](C)(C)OC(C)C.COS(=O)(=O)[O-]. The monoisotopic (exact) mass is 273 g/mol. The van der Waals surface area contributed by atoms with E-state index in [0.717, 1.165) is 7.11 Å². The molecule has 8 heteroatoms. The van der Waals surface area contributed by atoms with Gasteiger partial charge in [0.2, 0.25) is 10.4 Å². The number of rotatable bonds is 5. The van der Waals surface area contributed by atoms with Gasteiger partial charge in [-0.15, -0.1) is 0 Å². The Hall–Kier alpha value is -0.250. The number of aliphatic hydroxyl groups is 1. The van der Waals surface area contributed by atoms with Crippen molar-refractivity contribution in [2.75, 3.05) is 27.7 Å². The number of aliphatic hydroxyl groups excluding tert-OH is 1. The summed E-state index contributed by atoms with van der Waals surface area (Å²) < 4.78 is 31.4. The molecule has 1 N–H and O–H groups in total. The van der Waals surface area contributed by atoms with E-state index in [-0.39, 0.29) is 12.2 Å². The molecule has 1 unspecified atom stereocenters. The lowest BCUT2D eigenvalue weighted by Gasteiger charge is -2.29. The highest BCUT2D eigenvalue weighted by molar-refractivity contribution is 7.80. The van der Waals surface area contributed by atoms with Crippen LogP contribution in [0, 0.1) is 0 Å². The Morgan fingerprint density at radius 2 is 1.65 bits per heavy atom.